The van der Waals surface area contributed by atoms with Gasteiger partial charge in [0.05, 0.1) is 24.1 Å². The van der Waals surface area contributed by atoms with Crippen LogP contribution in [0.3, 0.4) is 0 Å². The molecule has 7 nitrogen and oxygen atoms in total. The number of aliphatic hydroxyl groups is 1. The number of benzene rings is 1. The molecule has 30 heavy (non-hydrogen) atoms. The molecule has 0 spiro atoms. The maximum atomic E-state index is 13.3. The van der Waals surface area contributed by atoms with Gasteiger partial charge in [0, 0.05) is 32.1 Å². The number of aryl methyl sites for hydroxylation is 2. The molecule has 0 saturated carbocycles. The second-order valence-electron chi connectivity index (χ2n) is 7.25. The van der Waals surface area contributed by atoms with Crippen LogP contribution in [-0.2, 0) is 13.1 Å². The minimum absolute atomic E-state index is 0.0251. The number of carbonyl (C=O) groups is 1. The molecule has 1 N–H and O–H groups in total. The summed E-state index contributed by atoms with van der Waals surface area (Å²) in [5, 5.41) is 9.25. The van der Waals surface area contributed by atoms with Gasteiger partial charge < -0.3 is 14.6 Å². The number of amides is 1. The molecule has 0 aliphatic heterocycles. The van der Waals surface area contributed by atoms with E-state index in [9.17, 15) is 14.7 Å². The number of pyridine rings is 1. The summed E-state index contributed by atoms with van der Waals surface area (Å²) in [6.45, 7) is 4.56. The Labute approximate surface area is 175 Å². The molecule has 0 aliphatic carbocycles. The predicted molar refractivity (Wildman–Crippen MR) is 114 cm³/mol. The highest BCUT2D eigenvalue weighted by molar-refractivity contribution is 5.95. The average Bonchev–Trinajstić information content (AvgIpc) is 2.75. The van der Waals surface area contributed by atoms with Crippen LogP contribution in [0.25, 0.3) is 0 Å². The van der Waals surface area contributed by atoms with E-state index >= 15 is 0 Å². The minimum Gasteiger partial charge on any atom is -0.396 e. The van der Waals surface area contributed by atoms with Gasteiger partial charge in [-0.3, -0.25) is 19.6 Å². The van der Waals surface area contributed by atoms with Gasteiger partial charge in [-0.25, -0.2) is 0 Å². The van der Waals surface area contributed by atoms with E-state index in [1.54, 1.807) is 36.5 Å². The number of aliphatic hydroxyl groups excluding tert-OH is 1. The third-order valence-corrected chi connectivity index (χ3v) is 4.84. The summed E-state index contributed by atoms with van der Waals surface area (Å²) in [6, 6.07) is 11.4. The van der Waals surface area contributed by atoms with Crippen molar-refractivity contribution in [3.63, 3.8) is 0 Å². The van der Waals surface area contributed by atoms with Gasteiger partial charge in [-0.15, -0.1) is 0 Å². The first kappa shape index (κ1) is 21.4. The highest BCUT2D eigenvalue weighted by Crippen LogP contribution is 2.12. The summed E-state index contributed by atoms with van der Waals surface area (Å²) >= 11 is 0. The zero-order valence-corrected chi connectivity index (χ0v) is 17.3. The summed E-state index contributed by atoms with van der Waals surface area (Å²) in [6.07, 6.45) is 5.39. The van der Waals surface area contributed by atoms with Gasteiger partial charge in [-0.05, 0) is 37.5 Å². The largest absolute Gasteiger partial charge is 0.396 e. The monoisotopic (exact) mass is 406 g/mol. The highest BCUT2D eigenvalue weighted by Gasteiger charge is 2.22. The highest BCUT2D eigenvalue weighted by atomic mass is 16.3. The molecule has 0 saturated heterocycles. The quantitative estimate of drug-likeness (QED) is 0.620. The van der Waals surface area contributed by atoms with Crippen LogP contribution in [0.2, 0.25) is 0 Å². The first-order chi connectivity index (χ1) is 14.5. The molecule has 2 heterocycles. The fourth-order valence-corrected chi connectivity index (χ4v) is 3.20. The standard InChI is InChI=1S/C23H26N4O3/c1-17-9-11-27(16-20-14-24-18(2)13-25-20)23(30)21(17)22(29)26(10-6-12-28)15-19-7-4-3-5-8-19/h3-5,7-9,11,13-14,28H,6,10,12,15-16H2,1-2H3. The molecule has 0 radical (unpaired) electrons. The molecule has 7 heteroatoms. The van der Waals surface area contributed by atoms with E-state index in [1.807, 2.05) is 37.3 Å². The Morgan fingerprint density at radius 3 is 2.53 bits per heavy atom. The second-order valence-corrected chi connectivity index (χ2v) is 7.25. The zero-order valence-electron chi connectivity index (χ0n) is 17.3. The van der Waals surface area contributed by atoms with E-state index in [1.165, 1.54) is 4.57 Å². The van der Waals surface area contributed by atoms with E-state index in [-0.39, 0.29) is 30.2 Å². The topological polar surface area (TPSA) is 88.3 Å². The number of hydrogen-bond acceptors (Lipinski definition) is 5. The maximum absolute atomic E-state index is 13.3. The smallest absolute Gasteiger partial charge is 0.264 e. The van der Waals surface area contributed by atoms with Crippen LogP contribution >= 0.6 is 0 Å². The summed E-state index contributed by atoms with van der Waals surface area (Å²) in [5.74, 6) is -0.334. The van der Waals surface area contributed by atoms with Gasteiger partial charge in [0.1, 0.15) is 5.56 Å². The molecule has 0 bridgehead atoms. The lowest BCUT2D eigenvalue weighted by Crippen LogP contribution is -2.38. The maximum Gasteiger partial charge on any atom is 0.264 e. The van der Waals surface area contributed by atoms with Crippen LogP contribution in [0.15, 0.2) is 59.8 Å². The fraction of sp³-hybridized carbons (Fsp3) is 0.304. The third-order valence-electron chi connectivity index (χ3n) is 4.84. The molecular weight excluding hydrogens is 380 g/mol. The Balaban J connectivity index is 1.91. The van der Waals surface area contributed by atoms with Gasteiger partial charge in [-0.2, -0.15) is 0 Å². The molecule has 156 valence electrons. The SMILES string of the molecule is Cc1cnc(Cn2ccc(C)c(C(=O)N(CCCO)Cc3ccccc3)c2=O)cn1. The van der Waals surface area contributed by atoms with Gasteiger partial charge in [0.2, 0.25) is 0 Å². The number of nitrogens with zero attached hydrogens (tertiary/aromatic N) is 4. The van der Waals surface area contributed by atoms with Crippen molar-refractivity contribution in [1.82, 2.24) is 19.4 Å². The Morgan fingerprint density at radius 1 is 1.10 bits per heavy atom. The molecule has 1 aromatic carbocycles. The molecule has 0 aliphatic rings. The molecule has 2 aromatic heterocycles. The summed E-state index contributed by atoms with van der Waals surface area (Å²) < 4.78 is 1.48. The van der Waals surface area contributed by atoms with Gasteiger partial charge in [0.25, 0.3) is 11.5 Å². The minimum atomic E-state index is -0.357. The molecule has 0 fully saturated rings. The first-order valence-corrected chi connectivity index (χ1v) is 9.91. The second kappa shape index (κ2) is 9.93. The van der Waals surface area contributed by atoms with Crippen LogP contribution in [0.5, 0.6) is 0 Å². The Hall–Kier alpha value is -3.32. The van der Waals surface area contributed by atoms with Crippen LogP contribution < -0.4 is 5.56 Å². The predicted octanol–water partition coefficient (Wildman–Crippen LogP) is 2.33. The van der Waals surface area contributed by atoms with E-state index in [0.717, 1.165) is 11.3 Å². The van der Waals surface area contributed by atoms with Crippen molar-refractivity contribution in [1.29, 1.82) is 0 Å². The lowest BCUT2D eigenvalue weighted by molar-refractivity contribution is 0.0728. The van der Waals surface area contributed by atoms with Crippen molar-refractivity contribution in [3.8, 4) is 0 Å². The molecule has 0 atom stereocenters. The van der Waals surface area contributed by atoms with E-state index in [0.29, 0.717) is 30.8 Å². The number of hydrogen-bond donors (Lipinski definition) is 1. The zero-order chi connectivity index (χ0) is 21.5. The van der Waals surface area contributed by atoms with Gasteiger partial charge in [-0.1, -0.05) is 30.3 Å². The third kappa shape index (κ3) is 5.18. The van der Waals surface area contributed by atoms with Crippen molar-refractivity contribution in [2.45, 2.75) is 33.4 Å². The first-order valence-electron chi connectivity index (χ1n) is 9.91. The van der Waals surface area contributed by atoms with Crippen molar-refractivity contribution >= 4 is 5.91 Å². The lowest BCUT2D eigenvalue weighted by atomic mass is 10.1. The molecule has 3 rings (SSSR count). The molecule has 0 unspecified atom stereocenters. The van der Waals surface area contributed by atoms with Crippen molar-refractivity contribution in [2.24, 2.45) is 0 Å². The van der Waals surface area contributed by atoms with Crippen LogP contribution in [-0.4, -0.2) is 43.6 Å². The normalized spacial score (nSPS) is 10.8. The molecule has 1 amide bonds. The number of carbonyl (C=O) groups excluding carboxylic acids is 1. The average molecular weight is 406 g/mol. The van der Waals surface area contributed by atoms with Crippen molar-refractivity contribution in [2.75, 3.05) is 13.2 Å². The Kier molecular flexibility index (Phi) is 7.08. The summed E-state index contributed by atoms with van der Waals surface area (Å²) in [7, 11) is 0. The van der Waals surface area contributed by atoms with E-state index in [4.69, 9.17) is 0 Å². The number of rotatable bonds is 8. The Morgan fingerprint density at radius 2 is 1.87 bits per heavy atom. The van der Waals surface area contributed by atoms with Crippen LogP contribution in [0, 0.1) is 13.8 Å². The van der Waals surface area contributed by atoms with Gasteiger partial charge >= 0.3 is 0 Å². The molecule has 3 aromatic rings. The summed E-state index contributed by atoms with van der Waals surface area (Å²) in [5.41, 5.74) is 2.82. The van der Waals surface area contributed by atoms with Crippen molar-refractivity contribution in [3.05, 3.63) is 93.4 Å². The van der Waals surface area contributed by atoms with E-state index < -0.39 is 0 Å². The lowest BCUT2D eigenvalue weighted by Gasteiger charge is -2.23. The number of aromatic nitrogens is 3. The van der Waals surface area contributed by atoms with Gasteiger partial charge in [0.15, 0.2) is 0 Å². The van der Waals surface area contributed by atoms with Crippen LogP contribution in [0.1, 0.15) is 39.3 Å². The van der Waals surface area contributed by atoms with E-state index in [2.05, 4.69) is 9.97 Å². The molecular formula is C23H26N4O3. The fourth-order valence-electron chi connectivity index (χ4n) is 3.20. The Bertz CT molecular complexity index is 1050. The van der Waals surface area contributed by atoms with Crippen LogP contribution in [0.4, 0.5) is 0 Å². The van der Waals surface area contributed by atoms with Crippen molar-refractivity contribution < 1.29 is 9.90 Å². The summed E-state index contributed by atoms with van der Waals surface area (Å²) in [4.78, 5) is 36.6.